The van der Waals surface area contributed by atoms with Crippen molar-refractivity contribution in [2.75, 3.05) is 19.8 Å². The number of carbonyl (C=O) groups excluding carboxylic acids is 1. The minimum Gasteiger partial charge on any atom is -0.376 e. The maximum absolute atomic E-state index is 12.4. The molecule has 1 aliphatic heterocycles. The van der Waals surface area contributed by atoms with Crippen LogP contribution in [0, 0.1) is 11.3 Å². The number of ether oxygens (including phenoxy) is 1. The molecule has 2 heterocycles. The highest BCUT2D eigenvalue weighted by Crippen LogP contribution is 2.16. The van der Waals surface area contributed by atoms with Crippen molar-refractivity contribution in [2.24, 2.45) is 0 Å². The zero-order valence-corrected chi connectivity index (χ0v) is 10.2. The number of carbonyl (C=O) groups is 1. The first-order chi connectivity index (χ1) is 9.29. The van der Waals surface area contributed by atoms with E-state index in [1.165, 1.54) is 0 Å². The lowest BCUT2D eigenvalue weighted by atomic mass is 10.1. The van der Waals surface area contributed by atoms with Crippen LogP contribution >= 0.6 is 0 Å². The van der Waals surface area contributed by atoms with Gasteiger partial charge in [-0.25, -0.2) is 4.98 Å². The molecule has 0 bridgehead atoms. The first-order valence-electron chi connectivity index (χ1n) is 6.01. The Morgan fingerprint density at radius 1 is 1.58 bits per heavy atom. The predicted molar refractivity (Wildman–Crippen MR) is 67.4 cm³/mol. The van der Waals surface area contributed by atoms with Crippen molar-refractivity contribution in [1.29, 1.82) is 5.26 Å². The van der Waals surface area contributed by atoms with Crippen LogP contribution in [0.4, 0.5) is 0 Å². The average molecular weight is 256 g/mol. The summed E-state index contributed by atoms with van der Waals surface area (Å²) in [6.45, 7) is 1.18. The molecule has 96 valence electrons. The number of fused-ring (bicyclic) bond motifs is 1. The number of nitrogens with zero attached hydrogens (tertiary/aromatic N) is 3. The third-order valence-electron chi connectivity index (χ3n) is 3.21. The second-order valence-electron chi connectivity index (χ2n) is 4.35. The number of morpholine rings is 1. The van der Waals surface area contributed by atoms with Crippen LogP contribution in [0.5, 0.6) is 0 Å². The van der Waals surface area contributed by atoms with Gasteiger partial charge in [0, 0.05) is 12.1 Å². The summed E-state index contributed by atoms with van der Waals surface area (Å²) >= 11 is 0. The van der Waals surface area contributed by atoms with E-state index in [1.54, 1.807) is 29.4 Å². The molecular weight excluding hydrogens is 244 g/mol. The number of nitriles is 1. The molecule has 1 atom stereocenters. The average Bonchev–Trinajstić information content (AvgIpc) is 2.93. The van der Waals surface area contributed by atoms with Crippen molar-refractivity contribution >= 4 is 16.9 Å². The zero-order chi connectivity index (χ0) is 13.2. The summed E-state index contributed by atoms with van der Waals surface area (Å²) in [5.74, 6) is -0.147. The minimum absolute atomic E-state index is 0.147. The monoisotopic (exact) mass is 256 g/mol. The van der Waals surface area contributed by atoms with Gasteiger partial charge in [-0.1, -0.05) is 0 Å². The molecule has 1 amide bonds. The van der Waals surface area contributed by atoms with Gasteiger partial charge >= 0.3 is 0 Å². The molecule has 0 unspecified atom stereocenters. The highest BCUT2D eigenvalue weighted by Gasteiger charge is 2.28. The second-order valence-corrected chi connectivity index (χ2v) is 4.35. The van der Waals surface area contributed by atoms with Crippen molar-refractivity contribution in [2.45, 2.75) is 6.04 Å². The van der Waals surface area contributed by atoms with E-state index in [9.17, 15) is 4.79 Å². The molecule has 0 aliphatic carbocycles. The van der Waals surface area contributed by atoms with E-state index in [0.717, 1.165) is 11.0 Å². The molecule has 0 saturated carbocycles. The van der Waals surface area contributed by atoms with E-state index >= 15 is 0 Å². The molecule has 1 aliphatic rings. The quantitative estimate of drug-likeness (QED) is 0.822. The van der Waals surface area contributed by atoms with Gasteiger partial charge < -0.3 is 14.6 Å². The third kappa shape index (κ3) is 2.04. The van der Waals surface area contributed by atoms with Crippen LogP contribution < -0.4 is 0 Å². The lowest BCUT2D eigenvalue weighted by Gasteiger charge is -2.31. The Labute approximate surface area is 109 Å². The van der Waals surface area contributed by atoms with Gasteiger partial charge in [0.05, 0.1) is 36.6 Å². The second kappa shape index (κ2) is 4.71. The first-order valence-corrected chi connectivity index (χ1v) is 6.01. The predicted octanol–water partition coefficient (Wildman–Crippen LogP) is 0.927. The van der Waals surface area contributed by atoms with Crippen molar-refractivity contribution in [3.63, 3.8) is 0 Å². The van der Waals surface area contributed by atoms with Gasteiger partial charge in [0.2, 0.25) is 0 Å². The smallest absolute Gasteiger partial charge is 0.255 e. The highest BCUT2D eigenvalue weighted by molar-refractivity contribution is 5.97. The van der Waals surface area contributed by atoms with Crippen LogP contribution in [-0.2, 0) is 4.74 Å². The van der Waals surface area contributed by atoms with Crippen LogP contribution in [0.2, 0.25) is 0 Å². The third-order valence-corrected chi connectivity index (χ3v) is 3.21. The Hall–Kier alpha value is -2.39. The fourth-order valence-electron chi connectivity index (χ4n) is 2.19. The molecule has 6 nitrogen and oxygen atoms in total. The van der Waals surface area contributed by atoms with Gasteiger partial charge in [0.25, 0.3) is 5.91 Å². The molecule has 19 heavy (non-hydrogen) atoms. The number of H-pyrrole nitrogens is 1. The Morgan fingerprint density at radius 2 is 2.47 bits per heavy atom. The normalized spacial score (nSPS) is 19.3. The summed E-state index contributed by atoms with van der Waals surface area (Å²) in [4.78, 5) is 21.1. The number of hydrogen-bond acceptors (Lipinski definition) is 4. The largest absolute Gasteiger partial charge is 0.376 e. The maximum Gasteiger partial charge on any atom is 0.255 e. The minimum atomic E-state index is -0.515. The number of benzene rings is 1. The molecule has 2 aromatic rings. The topological polar surface area (TPSA) is 82.0 Å². The Kier molecular flexibility index (Phi) is 2.89. The summed E-state index contributed by atoms with van der Waals surface area (Å²) in [6, 6.07) is 6.86. The molecule has 3 rings (SSSR count). The number of aromatic amines is 1. The fourth-order valence-corrected chi connectivity index (χ4v) is 2.19. The summed E-state index contributed by atoms with van der Waals surface area (Å²) < 4.78 is 5.21. The lowest BCUT2D eigenvalue weighted by Crippen LogP contribution is -2.47. The van der Waals surface area contributed by atoms with Crippen molar-refractivity contribution in [3.05, 3.63) is 30.1 Å². The number of nitrogens with one attached hydrogen (secondary N) is 1. The number of rotatable bonds is 1. The van der Waals surface area contributed by atoms with Crippen LogP contribution in [0.3, 0.4) is 0 Å². The number of amides is 1. The molecule has 0 radical (unpaired) electrons. The van der Waals surface area contributed by atoms with Crippen molar-refractivity contribution in [1.82, 2.24) is 14.9 Å². The molecule has 1 aromatic carbocycles. The van der Waals surface area contributed by atoms with E-state index in [4.69, 9.17) is 10.00 Å². The van der Waals surface area contributed by atoms with Gasteiger partial charge in [-0.3, -0.25) is 4.79 Å². The highest BCUT2D eigenvalue weighted by atomic mass is 16.5. The number of aromatic nitrogens is 2. The van der Waals surface area contributed by atoms with Crippen LogP contribution in [0.25, 0.3) is 11.0 Å². The van der Waals surface area contributed by atoms with E-state index in [0.29, 0.717) is 18.7 Å². The molecular formula is C13H12N4O2. The summed E-state index contributed by atoms with van der Waals surface area (Å²) in [6.07, 6.45) is 1.59. The number of imidazole rings is 1. The molecule has 1 fully saturated rings. The fraction of sp³-hybridized carbons (Fsp3) is 0.308. The molecule has 6 heteroatoms. The SMILES string of the molecule is N#C[C@H]1COCCN1C(=O)c1ccc2nc[nH]c2c1. The summed E-state index contributed by atoms with van der Waals surface area (Å²) in [5, 5.41) is 9.06. The lowest BCUT2D eigenvalue weighted by molar-refractivity contribution is 0.0132. The van der Waals surface area contributed by atoms with Crippen LogP contribution in [0.1, 0.15) is 10.4 Å². The van der Waals surface area contributed by atoms with Gasteiger partial charge in [0.15, 0.2) is 0 Å². The van der Waals surface area contributed by atoms with Gasteiger partial charge in [-0.05, 0) is 18.2 Å². The van der Waals surface area contributed by atoms with Crippen molar-refractivity contribution < 1.29 is 9.53 Å². The van der Waals surface area contributed by atoms with Gasteiger partial charge in [0.1, 0.15) is 6.04 Å². The van der Waals surface area contributed by atoms with E-state index in [2.05, 4.69) is 16.0 Å². The molecule has 1 aromatic heterocycles. The Morgan fingerprint density at radius 3 is 3.32 bits per heavy atom. The maximum atomic E-state index is 12.4. The van der Waals surface area contributed by atoms with Gasteiger partial charge in [-0.2, -0.15) is 5.26 Å². The number of hydrogen-bond donors (Lipinski definition) is 1. The summed E-state index contributed by atoms with van der Waals surface area (Å²) in [5.41, 5.74) is 2.18. The van der Waals surface area contributed by atoms with Crippen LogP contribution in [-0.4, -0.2) is 46.6 Å². The van der Waals surface area contributed by atoms with Crippen molar-refractivity contribution in [3.8, 4) is 6.07 Å². The van der Waals surface area contributed by atoms with E-state index < -0.39 is 6.04 Å². The summed E-state index contributed by atoms with van der Waals surface area (Å²) in [7, 11) is 0. The van der Waals surface area contributed by atoms with Crippen LogP contribution in [0.15, 0.2) is 24.5 Å². The Balaban J connectivity index is 1.91. The van der Waals surface area contributed by atoms with Gasteiger partial charge in [-0.15, -0.1) is 0 Å². The molecule has 1 N–H and O–H groups in total. The first kappa shape index (κ1) is 11.7. The standard InChI is InChI=1S/C13H12N4O2/c14-6-10-7-19-4-3-17(10)13(18)9-1-2-11-12(5-9)16-8-15-11/h1-2,5,8,10H,3-4,7H2,(H,15,16)/t10-/m0/s1. The zero-order valence-electron chi connectivity index (χ0n) is 10.2. The Bertz CT molecular complexity index is 658. The molecule has 0 spiro atoms. The van der Waals surface area contributed by atoms with E-state index in [-0.39, 0.29) is 12.5 Å². The van der Waals surface area contributed by atoms with E-state index in [1.807, 2.05) is 0 Å². The molecule has 1 saturated heterocycles.